The van der Waals surface area contributed by atoms with Crippen molar-refractivity contribution in [1.29, 1.82) is 0 Å². The van der Waals surface area contributed by atoms with Crippen LogP contribution in [0.2, 0.25) is 0 Å². The zero-order valence-electron chi connectivity index (χ0n) is 9.93. The SMILES string of the molecule is Cc1cccc(Oc2ccc(S(=O)(=O)Cl)cc2)c1F. The molecule has 0 bridgehead atoms. The summed E-state index contributed by atoms with van der Waals surface area (Å²) in [6, 6.07) is 10.2. The molecule has 0 saturated heterocycles. The Bertz CT molecular complexity index is 696. The Balaban J connectivity index is 2.27. The topological polar surface area (TPSA) is 43.4 Å². The molecule has 0 amide bonds. The molecule has 0 heterocycles. The maximum atomic E-state index is 13.7. The highest BCUT2D eigenvalue weighted by Crippen LogP contribution is 2.27. The van der Waals surface area contributed by atoms with Crippen molar-refractivity contribution in [2.45, 2.75) is 11.8 Å². The van der Waals surface area contributed by atoms with Gasteiger partial charge in [0.1, 0.15) is 5.75 Å². The zero-order chi connectivity index (χ0) is 14.0. The zero-order valence-corrected chi connectivity index (χ0v) is 11.5. The van der Waals surface area contributed by atoms with Crippen LogP contribution in [-0.4, -0.2) is 8.42 Å². The van der Waals surface area contributed by atoms with Gasteiger partial charge in [-0.15, -0.1) is 0 Å². The predicted octanol–water partition coefficient (Wildman–Crippen LogP) is 3.85. The first kappa shape index (κ1) is 13.8. The predicted molar refractivity (Wildman–Crippen MR) is 70.7 cm³/mol. The van der Waals surface area contributed by atoms with Gasteiger partial charge in [-0.3, -0.25) is 0 Å². The van der Waals surface area contributed by atoms with Gasteiger partial charge in [0.25, 0.3) is 9.05 Å². The largest absolute Gasteiger partial charge is 0.454 e. The van der Waals surface area contributed by atoms with Crippen molar-refractivity contribution < 1.29 is 17.5 Å². The van der Waals surface area contributed by atoms with Crippen LogP contribution in [-0.2, 0) is 9.05 Å². The fraction of sp³-hybridized carbons (Fsp3) is 0.0769. The van der Waals surface area contributed by atoms with Crippen LogP contribution in [0.1, 0.15) is 5.56 Å². The molecule has 2 rings (SSSR count). The number of hydrogen-bond donors (Lipinski definition) is 0. The molecule has 100 valence electrons. The second-order valence-corrected chi connectivity index (χ2v) is 6.46. The molecule has 2 aromatic carbocycles. The van der Waals surface area contributed by atoms with Crippen molar-refractivity contribution in [3.63, 3.8) is 0 Å². The van der Waals surface area contributed by atoms with Gasteiger partial charge in [0.2, 0.25) is 0 Å². The Hall–Kier alpha value is -1.59. The average molecular weight is 301 g/mol. The number of halogens is 2. The maximum absolute atomic E-state index is 13.7. The monoisotopic (exact) mass is 300 g/mol. The van der Waals surface area contributed by atoms with Gasteiger partial charge in [0, 0.05) is 10.7 Å². The summed E-state index contributed by atoms with van der Waals surface area (Å²) in [4.78, 5) is -0.0359. The van der Waals surface area contributed by atoms with Crippen molar-refractivity contribution >= 4 is 19.7 Å². The minimum Gasteiger partial charge on any atom is -0.454 e. The van der Waals surface area contributed by atoms with E-state index in [4.69, 9.17) is 15.4 Å². The Morgan fingerprint density at radius 3 is 2.32 bits per heavy atom. The molecule has 0 N–H and O–H groups in total. The van der Waals surface area contributed by atoms with Gasteiger partial charge in [-0.25, -0.2) is 12.8 Å². The molecule has 0 atom stereocenters. The van der Waals surface area contributed by atoms with Crippen LogP contribution in [0.5, 0.6) is 11.5 Å². The Morgan fingerprint density at radius 2 is 1.74 bits per heavy atom. The van der Waals surface area contributed by atoms with E-state index >= 15 is 0 Å². The molecule has 0 aliphatic rings. The quantitative estimate of drug-likeness (QED) is 0.809. The smallest absolute Gasteiger partial charge is 0.261 e. The van der Waals surface area contributed by atoms with E-state index in [0.717, 1.165) is 0 Å². The molecule has 3 nitrogen and oxygen atoms in total. The molecular formula is C13H10ClFO3S. The first-order valence-corrected chi connectivity index (χ1v) is 7.66. The summed E-state index contributed by atoms with van der Waals surface area (Å²) in [6.45, 7) is 1.63. The average Bonchev–Trinajstić information content (AvgIpc) is 2.35. The highest BCUT2D eigenvalue weighted by atomic mass is 35.7. The number of hydrogen-bond acceptors (Lipinski definition) is 3. The van der Waals surface area contributed by atoms with Crippen LogP contribution in [0.25, 0.3) is 0 Å². The molecule has 19 heavy (non-hydrogen) atoms. The third-order valence-electron chi connectivity index (χ3n) is 2.49. The molecule has 0 aromatic heterocycles. The van der Waals surface area contributed by atoms with Gasteiger partial charge in [-0.2, -0.15) is 0 Å². The summed E-state index contributed by atoms with van der Waals surface area (Å²) < 4.78 is 41.2. The van der Waals surface area contributed by atoms with E-state index in [-0.39, 0.29) is 10.6 Å². The number of ether oxygens (including phenoxy) is 1. The number of rotatable bonds is 3. The standard InChI is InChI=1S/C13H10ClFO3S/c1-9-3-2-4-12(13(9)15)18-10-5-7-11(8-6-10)19(14,16)17/h2-8H,1H3. The molecule has 0 saturated carbocycles. The summed E-state index contributed by atoms with van der Waals surface area (Å²) in [6.07, 6.45) is 0. The van der Waals surface area contributed by atoms with Crippen molar-refractivity contribution in [2.24, 2.45) is 0 Å². The fourth-order valence-electron chi connectivity index (χ4n) is 1.50. The van der Waals surface area contributed by atoms with Crippen molar-refractivity contribution in [3.8, 4) is 11.5 Å². The Kier molecular flexibility index (Phi) is 3.78. The second-order valence-electron chi connectivity index (χ2n) is 3.90. The van der Waals surface area contributed by atoms with Crippen LogP contribution in [0.4, 0.5) is 4.39 Å². The van der Waals surface area contributed by atoms with Crippen molar-refractivity contribution in [2.75, 3.05) is 0 Å². The van der Waals surface area contributed by atoms with E-state index < -0.39 is 14.9 Å². The lowest BCUT2D eigenvalue weighted by Crippen LogP contribution is -1.93. The summed E-state index contributed by atoms with van der Waals surface area (Å²) in [5.74, 6) is -0.0356. The Morgan fingerprint density at radius 1 is 1.11 bits per heavy atom. The molecule has 0 aliphatic heterocycles. The van der Waals surface area contributed by atoms with Gasteiger partial charge < -0.3 is 4.74 Å². The highest BCUT2D eigenvalue weighted by molar-refractivity contribution is 8.13. The van der Waals surface area contributed by atoms with Crippen LogP contribution in [0, 0.1) is 12.7 Å². The normalized spacial score (nSPS) is 11.3. The van der Waals surface area contributed by atoms with E-state index in [1.165, 1.54) is 30.3 Å². The molecule has 0 aliphatic carbocycles. The van der Waals surface area contributed by atoms with Gasteiger partial charge in [-0.05, 0) is 42.8 Å². The second kappa shape index (κ2) is 5.19. The molecule has 0 unspecified atom stereocenters. The van der Waals surface area contributed by atoms with E-state index in [1.54, 1.807) is 19.1 Å². The molecular weight excluding hydrogens is 291 g/mol. The minimum atomic E-state index is -3.76. The van der Waals surface area contributed by atoms with E-state index in [9.17, 15) is 12.8 Å². The lowest BCUT2D eigenvalue weighted by molar-refractivity contribution is 0.439. The first-order valence-electron chi connectivity index (χ1n) is 5.35. The van der Waals surface area contributed by atoms with Crippen molar-refractivity contribution in [3.05, 3.63) is 53.8 Å². The minimum absolute atomic E-state index is 0.0359. The third kappa shape index (κ3) is 3.24. The number of aryl methyl sites for hydroxylation is 1. The molecule has 0 fully saturated rings. The van der Waals surface area contributed by atoms with E-state index in [2.05, 4.69) is 0 Å². The molecule has 0 radical (unpaired) electrons. The van der Waals surface area contributed by atoms with E-state index in [1.807, 2.05) is 0 Å². The van der Waals surface area contributed by atoms with Gasteiger partial charge in [0.05, 0.1) is 4.90 Å². The van der Waals surface area contributed by atoms with Crippen LogP contribution in [0.3, 0.4) is 0 Å². The number of benzene rings is 2. The first-order chi connectivity index (χ1) is 8.88. The summed E-state index contributed by atoms with van der Waals surface area (Å²) in [5.41, 5.74) is 0.470. The van der Waals surface area contributed by atoms with Crippen LogP contribution in [0.15, 0.2) is 47.4 Å². The van der Waals surface area contributed by atoms with Gasteiger partial charge in [0.15, 0.2) is 11.6 Å². The van der Waals surface area contributed by atoms with Gasteiger partial charge >= 0.3 is 0 Å². The Labute approximate surface area is 115 Å². The molecule has 2 aromatic rings. The summed E-state index contributed by atoms with van der Waals surface area (Å²) in [7, 11) is 1.42. The summed E-state index contributed by atoms with van der Waals surface area (Å²) in [5, 5.41) is 0. The van der Waals surface area contributed by atoms with Crippen molar-refractivity contribution in [1.82, 2.24) is 0 Å². The lowest BCUT2D eigenvalue weighted by atomic mass is 10.2. The third-order valence-corrected chi connectivity index (χ3v) is 3.86. The van der Waals surface area contributed by atoms with Crippen LogP contribution < -0.4 is 4.74 Å². The molecule has 6 heteroatoms. The summed E-state index contributed by atoms with van der Waals surface area (Å²) >= 11 is 0. The highest BCUT2D eigenvalue weighted by Gasteiger charge is 2.11. The lowest BCUT2D eigenvalue weighted by Gasteiger charge is -2.08. The van der Waals surface area contributed by atoms with Gasteiger partial charge in [-0.1, -0.05) is 12.1 Å². The molecule has 0 spiro atoms. The van der Waals surface area contributed by atoms with E-state index in [0.29, 0.717) is 11.3 Å². The maximum Gasteiger partial charge on any atom is 0.261 e. The van der Waals surface area contributed by atoms with Crippen LogP contribution >= 0.6 is 10.7 Å². The fourth-order valence-corrected chi connectivity index (χ4v) is 2.27.